The first-order valence-electron chi connectivity index (χ1n) is 7.63. The summed E-state index contributed by atoms with van der Waals surface area (Å²) in [5, 5.41) is 7.44. The molecule has 0 saturated heterocycles. The molecule has 132 valence electrons. The highest BCUT2D eigenvalue weighted by Gasteiger charge is 2.16. The number of fused-ring (bicyclic) bond motifs is 1. The Morgan fingerprint density at radius 1 is 1.28 bits per heavy atom. The Labute approximate surface area is 149 Å². The number of sulfone groups is 1. The zero-order valence-corrected chi connectivity index (χ0v) is 15.9. The Kier molecular flexibility index (Phi) is 4.38. The van der Waals surface area contributed by atoms with Crippen molar-refractivity contribution in [3.05, 3.63) is 35.7 Å². The Morgan fingerprint density at radius 3 is 2.60 bits per heavy atom. The summed E-state index contributed by atoms with van der Waals surface area (Å²) in [6.07, 6.45) is 1.16. The molecule has 0 atom stereocenters. The number of benzene rings is 1. The van der Waals surface area contributed by atoms with Gasteiger partial charge in [-0.15, -0.1) is 0 Å². The molecule has 0 unspecified atom stereocenters. The van der Waals surface area contributed by atoms with Gasteiger partial charge in [0.15, 0.2) is 20.7 Å². The molecule has 9 heteroatoms. The van der Waals surface area contributed by atoms with Gasteiger partial charge in [-0.3, -0.25) is 14.8 Å². The average molecular weight is 378 g/mol. The fourth-order valence-electron chi connectivity index (χ4n) is 2.47. The number of aromatic nitrogens is 3. The Morgan fingerprint density at radius 2 is 2.00 bits per heavy atom. The molecule has 1 amide bonds. The fraction of sp³-hybridized carbons (Fsp3) is 0.312. The number of nitrogens with zero attached hydrogens (tertiary/aromatic N) is 3. The fourth-order valence-corrected chi connectivity index (χ4v) is 4.09. The topological polar surface area (TPSA) is 93.9 Å². The first-order chi connectivity index (χ1) is 11.6. The highest BCUT2D eigenvalue weighted by Crippen LogP contribution is 2.28. The van der Waals surface area contributed by atoms with E-state index in [0.29, 0.717) is 21.0 Å². The van der Waals surface area contributed by atoms with Gasteiger partial charge in [-0.2, -0.15) is 5.10 Å². The average Bonchev–Trinajstić information content (AvgIpc) is 3.08. The van der Waals surface area contributed by atoms with Crippen LogP contribution in [0.5, 0.6) is 0 Å². The standard InChI is InChI=1S/C16H18N4O3S2/c1-9(2)20-10(3)7-13(19-20)15(21)18-16-17-12-6-5-11(25(4,22)23)8-14(12)24-16/h5-9H,1-4H3,(H,17,18,21). The van der Waals surface area contributed by atoms with Crippen molar-refractivity contribution >= 4 is 42.4 Å². The van der Waals surface area contributed by atoms with Gasteiger partial charge in [-0.1, -0.05) is 11.3 Å². The highest BCUT2D eigenvalue weighted by molar-refractivity contribution is 7.90. The number of carbonyl (C=O) groups is 1. The summed E-state index contributed by atoms with van der Waals surface area (Å²) in [5.41, 5.74) is 1.86. The van der Waals surface area contributed by atoms with Gasteiger partial charge in [-0.25, -0.2) is 13.4 Å². The molecule has 2 heterocycles. The third-order valence-corrected chi connectivity index (χ3v) is 5.70. The Hall–Kier alpha value is -2.26. The number of hydrogen-bond donors (Lipinski definition) is 1. The lowest BCUT2D eigenvalue weighted by atomic mass is 10.3. The normalized spacial score (nSPS) is 12.0. The van der Waals surface area contributed by atoms with Gasteiger partial charge in [-0.05, 0) is 45.0 Å². The van der Waals surface area contributed by atoms with E-state index < -0.39 is 9.84 Å². The van der Waals surface area contributed by atoms with Crippen molar-refractivity contribution in [1.82, 2.24) is 14.8 Å². The number of carbonyl (C=O) groups excluding carboxylic acids is 1. The molecular formula is C16H18N4O3S2. The van der Waals surface area contributed by atoms with Crippen LogP contribution in [0.4, 0.5) is 5.13 Å². The number of anilines is 1. The Balaban J connectivity index is 1.87. The van der Waals surface area contributed by atoms with Crippen molar-refractivity contribution in [2.45, 2.75) is 31.7 Å². The molecule has 0 radical (unpaired) electrons. The van der Waals surface area contributed by atoms with E-state index in [1.807, 2.05) is 20.8 Å². The highest BCUT2D eigenvalue weighted by atomic mass is 32.2. The van der Waals surface area contributed by atoms with Gasteiger partial charge in [0.05, 0.1) is 15.1 Å². The van der Waals surface area contributed by atoms with Crippen LogP contribution in [0.25, 0.3) is 10.2 Å². The van der Waals surface area contributed by atoms with Gasteiger partial charge >= 0.3 is 0 Å². The number of hydrogen-bond acceptors (Lipinski definition) is 6. The van der Waals surface area contributed by atoms with Crippen molar-refractivity contribution in [3.63, 3.8) is 0 Å². The summed E-state index contributed by atoms with van der Waals surface area (Å²) in [5.74, 6) is -0.343. The molecule has 25 heavy (non-hydrogen) atoms. The van der Waals surface area contributed by atoms with E-state index in [0.717, 1.165) is 11.9 Å². The molecule has 0 saturated carbocycles. The first kappa shape index (κ1) is 17.6. The molecule has 7 nitrogen and oxygen atoms in total. The third kappa shape index (κ3) is 3.57. The maximum Gasteiger partial charge on any atom is 0.277 e. The van der Waals surface area contributed by atoms with Gasteiger partial charge in [0.2, 0.25) is 0 Å². The van der Waals surface area contributed by atoms with Crippen LogP contribution in [-0.4, -0.2) is 35.3 Å². The van der Waals surface area contributed by atoms with Gasteiger partial charge in [0.1, 0.15) is 0 Å². The van der Waals surface area contributed by atoms with Crippen LogP contribution < -0.4 is 5.32 Å². The predicted molar refractivity (Wildman–Crippen MR) is 98.0 cm³/mol. The van der Waals surface area contributed by atoms with Gasteiger partial charge in [0.25, 0.3) is 5.91 Å². The molecule has 0 aliphatic heterocycles. The molecule has 0 bridgehead atoms. The lowest BCUT2D eigenvalue weighted by Crippen LogP contribution is -2.13. The molecule has 1 aromatic carbocycles. The van der Waals surface area contributed by atoms with E-state index >= 15 is 0 Å². The van der Waals surface area contributed by atoms with Crippen molar-refractivity contribution < 1.29 is 13.2 Å². The summed E-state index contributed by atoms with van der Waals surface area (Å²) in [7, 11) is -3.28. The smallest absolute Gasteiger partial charge is 0.277 e. The molecule has 2 aromatic heterocycles. The third-order valence-electron chi connectivity index (χ3n) is 3.65. The van der Waals surface area contributed by atoms with Crippen LogP contribution in [0, 0.1) is 6.92 Å². The van der Waals surface area contributed by atoms with Crippen LogP contribution in [-0.2, 0) is 9.84 Å². The monoisotopic (exact) mass is 378 g/mol. The molecule has 1 N–H and O–H groups in total. The molecule has 3 aromatic rings. The van der Waals surface area contributed by atoms with Crippen molar-refractivity contribution in [3.8, 4) is 0 Å². The predicted octanol–water partition coefficient (Wildman–Crippen LogP) is 3.04. The van der Waals surface area contributed by atoms with Crippen molar-refractivity contribution in [2.75, 3.05) is 11.6 Å². The summed E-state index contributed by atoms with van der Waals surface area (Å²) in [4.78, 5) is 16.9. The molecule has 3 rings (SSSR count). The quantitative estimate of drug-likeness (QED) is 0.753. The lowest BCUT2D eigenvalue weighted by Gasteiger charge is -2.06. The van der Waals surface area contributed by atoms with Crippen LogP contribution >= 0.6 is 11.3 Å². The number of rotatable bonds is 4. The minimum Gasteiger partial charge on any atom is -0.296 e. The van der Waals surface area contributed by atoms with E-state index in [9.17, 15) is 13.2 Å². The summed E-state index contributed by atoms with van der Waals surface area (Å²) in [6.45, 7) is 5.89. The van der Waals surface area contributed by atoms with E-state index in [-0.39, 0.29) is 16.8 Å². The van der Waals surface area contributed by atoms with E-state index in [2.05, 4.69) is 15.4 Å². The van der Waals surface area contributed by atoms with Crippen molar-refractivity contribution in [1.29, 1.82) is 0 Å². The SMILES string of the molecule is Cc1cc(C(=O)Nc2nc3ccc(S(C)(=O)=O)cc3s2)nn1C(C)C. The molecule has 0 aliphatic carbocycles. The van der Waals surface area contributed by atoms with Crippen LogP contribution in [0.2, 0.25) is 0 Å². The number of thiazole rings is 1. The molecular weight excluding hydrogens is 360 g/mol. The van der Waals surface area contributed by atoms with E-state index in [1.54, 1.807) is 22.9 Å². The van der Waals surface area contributed by atoms with Gasteiger partial charge in [0, 0.05) is 18.0 Å². The second-order valence-corrected chi connectivity index (χ2v) is 9.13. The van der Waals surface area contributed by atoms with E-state index in [4.69, 9.17) is 0 Å². The minimum absolute atomic E-state index is 0.165. The zero-order valence-electron chi connectivity index (χ0n) is 14.3. The largest absolute Gasteiger partial charge is 0.296 e. The maximum absolute atomic E-state index is 12.4. The maximum atomic E-state index is 12.4. The number of aryl methyl sites for hydroxylation is 1. The zero-order chi connectivity index (χ0) is 18.4. The second-order valence-electron chi connectivity index (χ2n) is 6.08. The van der Waals surface area contributed by atoms with E-state index in [1.165, 1.54) is 17.4 Å². The van der Waals surface area contributed by atoms with Crippen molar-refractivity contribution in [2.24, 2.45) is 0 Å². The Bertz CT molecular complexity index is 1060. The first-order valence-corrected chi connectivity index (χ1v) is 10.3. The molecule has 0 aliphatic rings. The van der Waals surface area contributed by atoms with Crippen LogP contribution in [0.15, 0.2) is 29.2 Å². The summed E-state index contributed by atoms with van der Waals surface area (Å²) >= 11 is 1.23. The lowest BCUT2D eigenvalue weighted by molar-refractivity contribution is 0.102. The summed E-state index contributed by atoms with van der Waals surface area (Å²) < 4.78 is 25.8. The number of nitrogens with one attached hydrogen (secondary N) is 1. The van der Waals surface area contributed by atoms with Crippen LogP contribution in [0.3, 0.4) is 0 Å². The second kappa shape index (κ2) is 6.23. The van der Waals surface area contributed by atoms with Crippen LogP contribution in [0.1, 0.15) is 36.1 Å². The molecule has 0 fully saturated rings. The summed E-state index contributed by atoms with van der Waals surface area (Å²) in [6, 6.07) is 6.60. The molecule has 0 spiro atoms. The minimum atomic E-state index is -3.28. The van der Waals surface area contributed by atoms with Gasteiger partial charge < -0.3 is 0 Å². The number of amides is 1.